The fraction of sp³-hybridized carbons (Fsp3) is 0.588. The molecule has 7 heteroatoms. The zero-order valence-corrected chi connectivity index (χ0v) is 15.4. The molecule has 3 heterocycles. The molecule has 1 atom stereocenters. The van der Waals surface area contributed by atoms with E-state index in [1.807, 2.05) is 38.8 Å². The molecule has 0 aromatic carbocycles. The van der Waals surface area contributed by atoms with Crippen molar-refractivity contribution in [1.29, 1.82) is 0 Å². The first-order valence-electron chi connectivity index (χ1n) is 8.24. The standard InChI is InChI=1S/C17H24N4O2.ClH/c1-10(2)15-14-13(8-11(3)19-16(14)23-20-15)17(22)21-7-5-6-12(9-21)18-4;/h8,10,12,18H,5-7,9H2,1-4H3;1H. The van der Waals surface area contributed by atoms with Crippen molar-refractivity contribution in [2.75, 3.05) is 20.1 Å². The highest BCUT2D eigenvalue weighted by Crippen LogP contribution is 2.29. The van der Waals surface area contributed by atoms with Crippen molar-refractivity contribution in [3.63, 3.8) is 0 Å². The Morgan fingerprint density at radius 2 is 2.21 bits per heavy atom. The number of nitrogens with zero attached hydrogens (tertiary/aromatic N) is 3. The third-order valence-corrected chi connectivity index (χ3v) is 4.50. The highest BCUT2D eigenvalue weighted by atomic mass is 35.5. The summed E-state index contributed by atoms with van der Waals surface area (Å²) in [6.07, 6.45) is 2.13. The highest BCUT2D eigenvalue weighted by molar-refractivity contribution is 6.06. The summed E-state index contributed by atoms with van der Waals surface area (Å²) in [7, 11) is 1.95. The molecule has 24 heavy (non-hydrogen) atoms. The number of amides is 1. The van der Waals surface area contributed by atoms with Gasteiger partial charge in [0.15, 0.2) is 0 Å². The smallest absolute Gasteiger partial charge is 0.259 e. The molecular weight excluding hydrogens is 328 g/mol. The average Bonchev–Trinajstić information content (AvgIpc) is 2.97. The van der Waals surface area contributed by atoms with E-state index < -0.39 is 0 Å². The normalized spacial score (nSPS) is 18.0. The van der Waals surface area contributed by atoms with Crippen molar-refractivity contribution >= 4 is 29.4 Å². The van der Waals surface area contributed by atoms with E-state index in [0.29, 0.717) is 17.3 Å². The lowest BCUT2D eigenvalue weighted by molar-refractivity contribution is 0.0700. The Labute approximate surface area is 148 Å². The molecule has 3 rings (SSSR count). The number of halogens is 1. The molecule has 1 fully saturated rings. The molecule has 1 N–H and O–H groups in total. The number of nitrogens with one attached hydrogen (secondary N) is 1. The second-order valence-corrected chi connectivity index (χ2v) is 6.59. The van der Waals surface area contributed by atoms with Crippen LogP contribution in [0.3, 0.4) is 0 Å². The van der Waals surface area contributed by atoms with E-state index in [1.54, 1.807) is 0 Å². The van der Waals surface area contributed by atoms with Gasteiger partial charge < -0.3 is 14.7 Å². The number of aryl methyl sites for hydroxylation is 1. The van der Waals surface area contributed by atoms with Crippen molar-refractivity contribution in [3.8, 4) is 0 Å². The van der Waals surface area contributed by atoms with E-state index in [0.717, 1.165) is 42.7 Å². The van der Waals surface area contributed by atoms with E-state index in [9.17, 15) is 4.79 Å². The third-order valence-electron chi connectivity index (χ3n) is 4.50. The van der Waals surface area contributed by atoms with Crippen LogP contribution in [0.2, 0.25) is 0 Å². The van der Waals surface area contributed by atoms with Crippen molar-refractivity contribution in [2.45, 2.75) is 45.6 Å². The number of hydrogen-bond acceptors (Lipinski definition) is 5. The summed E-state index contributed by atoms with van der Waals surface area (Å²) in [6.45, 7) is 7.50. The van der Waals surface area contributed by atoms with Gasteiger partial charge in [-0.3, -0.25) is 4.79 Å². The molecular formula is C17H25ClN4O2. The Bertz CT molecular complexity index is 729. The topological polar surface area (TPSA) is 71.3 Å². The number of fused-ring (bicyclic) bond motifs is 1. The van der Waals surface area contributed by atoms with E-state index >= 15 is 0 Å². The Hall–Kier alpha value is -1.66. The van der Waals surface area contributed by atoms with Gasteiger partial charge in [0.1, 0.15) is 0 Å². The molecule has 6 nitrogen and oxygen atoms in total. The van der Waals surface area contributed by atoms with Gasteiger partial charge in [-0.05, 0) is 38.8 Å². The molecule has 0 saturated carbocycles. The van der Waals surface area contributed by atoms with Crippen molar-refractivity contribution in [3.05, 3.63) is 23.0 Å². The zero-order valence-electron chi connectivity index (χ0n) is 14.6. The van der Waals surface area contributed by atoms with Crippen LogP contribution in [0.4, 0.5) is 0 Å². The number of likely N-dealkylation sites (N-methyl/N-ethyl adjacent to an activating group) is 1. The number of piperidine rings is 1. The molecule has 0 radical (unpaired) electrons. The fourth-order valence-corrected chi connectivity index (χ4v) is 3.23. The fourth-order valence-electron chi connectivity index (χ4n) is 3.23. The van der Waals surface area contributed by atoms with Gasteiger partial charge in [0.05, 0.1) is 16.6 Å². The van der Waals surface area contributed by atoms with Gasteiger partial charge in [-0.2, -0.15) is 0 Å². The van der Waals surface area contributed by atoms with Crippen LogP contribution >= 0.6 is 12.4 Å². The quantitative estimate of drug-likeness (QED) is 0.919. The SMILES string of the molecule is CNC1CCCN(C(=O)c2cc(C)nc3onc(C(C)C)c23)C1.Cl. The van der Waals surface area contributed by atoms with E-state index in [-0.39, 0.29) is 24.2 Å². The van der Waals surface area contributed by atoms with Gasteiger partial charge in [0.2, 0.25) is 0 Å². The minimum Gasteiger partial charge on any atom is -0.337 e. The number of pyridine rings is 1. The molecule has 1 aliphatic rings. The van der Waals surface area contributed by atoms with Crippen LogP contribution in [0.1, 0.15) is 54.4 Å². The number of carbonyl (C=O) groups excluding carboxylic acids is 1. The van der Waals surface area contributed by atoms with Gasteiger partial charge in [-0.25, -0.2) is 4.98 Å². The molecule has 0 bridgehead atoms. The summed E-state index contributed by atoms with van der Waals surface area (Å²) in [5, 5.41) is 8.18. The van der Waals surface area contributed by atoms with Crippen LogP contribution in [-0.2, 0) is 0 Å². The molecule has 0 aliphatic carbocycles. The van der Waals surface area contributed by atoms with Crippen molar-refractivity contribution in [1.82, 2.24) is 20.4 Å². The minimum atomic E-state index is 0. The number of hydrogen-bond donors (Lipinski definition) is 1. The van der Waals surface area contributed by atoms with E-state index in [2.05, 4.69) is 15.5 Å². The Morgan fingerprint density at radius 1 is 1.46 bits per heavy atom. The maximum Gasteiger partial charge on any atom is 0.259 e. The predicted octanol–water partition coefficient (Wildman–Crippen LogP) is 2.90. The minimum absolute atomic E-state index is 0. The number of aromatic nitrogens is 2. The van der Waals surface area contributed by atoms with Crippen molar-refractivity contribution < 1.29 is 9.32 Å². The van der Waals surface area contributed by atoms with Crippen LogP contribution < -0.4 is 5.32 Å². The van der Waals surface area contributed by atoms with Crippen LogP contribution in [0.5, 0.6) is 0 Å². The summed E-state index contributed by atoms with van der Waals surface area (Å²) >= 11 is 0. The summed E-state index contributed by atoms with van der Waals surface area (Å²) < 4.78 is 5.37. The lowest BCUT2D eigenvalue weighted by Crippen LogP contribution is -2.47. The average molecular weight is 353 g/mol. The first kappa shape index (κ1) is 18.7. The van der Waals surface area contributed by atoms with E-state index in [1.165, 1.54) is 0 Å². The Balaban J connectivity index is 0.00000208. The van der Waals surface area contributed by atoms with Gasteiger partial charge >= 0.3 is 0 Å². The summed E-state index contributed by atoms with van der Waals surface area (Å²) in [6, 6.07) is 2.22. The third kappa shape index (κ3) is 3.39. The van der Waals surface area contributed by atoms with Gasteiger partial charge in [0, 0.05) is 24.8 Å². The lowest BCUT2D eigenvalue weighted by atomic mass is 10.00. The first-order valence-corrected chi connectivity index (χ1v) is 8.24. The van der Waals surface area contributed by atoms with Crippen molar-refractivity contribution in [2.24, 2.45) is 0 Å². The summed E-state index contributed by atoms with van der Waals surface area (Å²) in [5.41, 5.74) is 2.70. The van der Waals surface area contributed by atoms with Crippen LogP contribution in [-0.4, -0.2) is 47.1 Å². The molecule has 2 aromatic rings. The molecule has 1 saturated heterocycles. The van der Waals surface area contributed by atoms with Gasteiger partial charge in [0.25, 0.3) is 11.6 Å². The van der Waals surface area contributed by atoms with Crippen LogP contribution in [0.15, 0.2) is 10.6 Å². The Morgan fingerprint density at radius 3 is 2.88 bits per heavy atom. The number of carbonyl (C=O) groups is 1. The van der Waals surface area contributed by atoms with Crippen LogP contribution in [0.25, 0.3) is 11.1 Å². The number of rotatable bonds is 3. The van der Waals surface area contributed by atoms with E-state index in [4.69, 9.17) is 4.52 Å². The summed E-state index contributed by atoms with van der Waals surface area (Å²) in [4.78, 5) is 19.4. The Kier molecular flexibility index (Phi) is 5.83. The summed E-state index contributed by atoms with van der Waals surface area (Å²) in [5.74, 6) is 0.226. The molecule has 1 amide bonds. The number of likely N-dealkylation sites (tertiary alicyclic amines) is 1. The second-order valence-electron chi connectivity index (χ2n) is 6.59. The molecule has 0 spiro atoms. The zero-order chi connectivity index (χ0) is 16.6. The largest absolute Gasteiger partial charge is 0.337 e. The second kappa shape index (κ2) is 7.49. The maximum atomic E-state index is 13.1. The highest BCUT2D eigenvalue weighted by Gasteiger charge is 2.27. The monoisotopic (exact) mass is 352 g/mol. The predicted molar refractivity (Wildman–Crippen MR) is 95.9 cm³/mol. The maximum absolute atomic E-state index is 13.1. The molecule has 132 valence electrons. The lowest BCUT2D eigenvalue weighted by Gasteiger charge is -2.32. The first-order chi connectivity index (χ1) is 11.0. The van der Waals surface area contributed by atoms with Crippen LogP contribution in [0, 0.1) is 6.92 Å². The molecule has 1 unspecified atom stereocenters. The van der Waals surface area contributed by atoms with Gasteiger partial charge in [-0.15, -0.1) is 12.4 Å². The molecule has 2 aromatic heterocycles. The van der Waals surface area contributed by atoms with Gasteiger partial charge in [-0.1, -0.05) is 19.0 Å². The molecule has 1 aliphatic heterocycles.